The van der Waals surface area contributed by atoms with E-state index in [1.165, 1.54) is 0 Å². The van der Waals surface area contributed by atoms with Crippen LogP contribution in [0, 0.1) is 10.8 Å². The number of allylic oxidation sites excluding steroid dienone is 4. The molecular formula is C13H14O2S. The first-order valence-electron chi connectivity index (χ1n) is 5.96. The summed E-state index contributed by atoms with van der Waals surface area (Å²) in [4.78, 5) is 0. The van der Waals surface area contributed by atoms with Crippen molar-refractivity contribution in [2.24, 2.45) is 10.8 Å². The smallest absolute Gasteiger partial charge is 0.353 e. The van der Waals surface area contributed by atoms with Gasteiger partial charge >= 0.3 is 5.24 Å². The van der Waals surface area contributed by atoms with Crippen molar-refractivity contribution >= 4 is 17.5 Å². The van der Waals surface area contributed by atoms with Crippen LogP contribution in [-0.2, 0) is 9.47 Å². The van der Waals surface area contributed by atoms with E-state index >= 15 is 0 Å². The van der Waals surface area contributed by atoms with Crippen molar-refractivity contribution in [3.05, 3.63) is 24.3 Å². The molecule has 0 aromatic heterocycles. The molecule has 0 bridgehead atoms. The Morgan fingerprint density at radius 1 is 0.875 bits per heavy atom. The van der Waals surface area contributed by atoms with Crippen molar-refractivity contribution in [1.29, 1.82) is 0 Å². The average Bonchev–Trinajstić information content (AvgIpc) is 2.68. The van der Waals surface area contributed by atoms with Crippen molar-refractivity contribution in [3.8, 4) is 0 Å². The van der Waals surface area contributed by atoms with Gasteiger partial charge in [0.1, 0.15) is 12.2 Å². The molecule has 0 unspecified atom stereocenters. The molecule has 0 aromatic carbocycles. The van der Waals surface area contributed by atoms with E-state index in [1.54, 1.807) is 0 Å². The van der Waals surface area contributed by atoms with E-state index in [1.807, 2.05) is 0 Å². The van der Waals surface area contributed by atoms with Gasteiger partial charge in [0, 0.05) is 23.0 Å². The molecule has 0 radical (unpaired) electrons. The van der Waals surface area contributed by atoms with Gasteiger partial charge in [-0.3, -0.25) is 0 Å². The van der Waals surface area contributed by atoms with Gasteiger partial charge in [-0.25, -0.2) is 0 Å². The van der Waals surface area contributed by atoms with Crippen molar-refractivity contribution in [2.45, 2.75) is 37.9 Å². The number of rotatable bonds is 0. The highest BCUT2D eigenvalue weighted by Gasteiger charge is 2.76. The Morgan fingerprint density at radius 3 is 1.62 bits per heavy atom. The molecule has 1 aliphatic heterocycles. The molecule has 0 spiro atoms. The van der Waals surface area contributed by atoms with Crippen LogP contribution in [0.25, 0.3) is 0 Å². The lowest BCUT2D eigenvalue weighted by atomic mass is 9.39. The summed E-state index contributed by atoms with van der Waals surface area (Å²) in [6, 6.07) is 0. The molecule has 84 valence electrons. The third-order valence-corrected chi connectivity index (χ3v) is 5.26. The van der Waals surface area contributed by atoms with Gasteiger partial charge in [0.15, 0.2) is 0 Å². The van der Waals surface area contributed by atoms with E-state index in [-0.39, 0.29) is 23.0 Å². The van der Waals surface area contributed by atoms with E-state index in [4.69, 9.17) is 21.7 Å². The summed E-state index contributed by atoms with van der Waals surface area (Å²) in [5.41, 5.74) is 0.531. The molecule has 4 rings (SSSR count). The molecule has 16 heavy (non-hydrogen) atoms. The van der Waals surface area contributed by atoms with Crippen molar-refractivity contribution in [3.63, 3.8) is 0 Å². The third kappa shape index (κ3) is 0.775. The normalized spacial score (nSPS) is 51.9. The number of fused-ring (bicyclic) bond motifs is 1. The van der Waals surface area contributed by atoms with Gasteiger partial charge in [0.25, 0.3) is 0 Å². The molecule has 0 amide bonds. The van der Waals surface area contributed by atoms with Crippen LogP contribution < -0.4 is 0 Å². The number of hydrogen-bond acceptors (Lipinski definition) is 3. The van der Waals surface area contributed by atoms with E-state index in [9.17, 15) is 0 Å². The zero-order valence-electron chi connectivity index (χ0n) is 9.02. The minimum Gasteiger partial charge on any atom is -0.449 e. The molecular weight excluding hydrogens is 220 g/mol. The Labute approximate surface area is 100 Å². The van der Waals surface area contributed by atoms with Crippen LogP contribution in [0.1, 0.15) is 25.7 Å². The highest BCUT2D eigenvalue weighted by molar-refractivity contribution is 7.79. The number of hydrogen-bond donors (Lipinski definition) is 0. The molecule has 3 aliphatic carbocycles. The maximum absolute atomic E-state index is 5.73. The summed E-state index contributed by atoms with van der Waals surface area (Å²) < 4.78 is 11.5. The summed E-state index contributed by atoms with van der Waals surface area (Å²) >= 11 is 5.07. The lowest BCUT2D eigenvalue weighted by Crippen LogP contribution is -2.71. The lowest BCUT2D eigenvalue weighted by Gasteiger charge is -2.66. The van der Waals surface area contributed by atoms with Gasteiger partial charge < -0.3 is 9.47 Å². The van der Waals surface area contributed by atoms with Crippen LogP contribution in [0.3, 0.4) is 0 Å². The summed E-state index contributed by atoms with van der Waals surface area (Å²) in [5.74, 6) is 0. The quantitative estimate of drug-likeness (QED) is 0.474. The molecule has 1 saturated heterocycles. The van der Waals surface area contributed by atoms with E-state index < -0.39 is 0 Å². The zero-order valence-corrected chi connectivity index (χ0v) is 9.83. The highest BCUT2D eigenvalue weighted by Crippen LogP contribution is 2.71. The van der Waals surface area contributed by atoms with Gasteiger partial charge in [-0.15, -0.1) is 0 Å². The van der Waals surface area contributed by atoms with Gasteiger partial charge in [0.2, 0.25) is 0 Å². The Balaban J connectivity index is 1.84. The first kappa shape index (κ1) is 9.23. The van der Waals surface area contributed by atoms with Gasteiger partial charge in [-0.2, -0.15) is 0 Å². The van der Waals surface area contributed by atoms with Gasteiger partial charge in [0.05, 0.1) is 0 Å². The Bertz CT molecular complexity index is 370. The van der Waals surface area contributed by atoms with E-state index in [0.29, 0.717) is 5.24 Å². The fourth-order valence-electron chi connectivity index (χ4n) is 4.25. The van der Waals surface area contributed by atoms with Crippen LogP contribution >= 0.6 is 12.2 Å². The van der Waals surface area contributed by atoms with Crippen molar-refractivity contribution in [1.82, 2.24) is 0 Å². The summed E-state index contributed by atoms with van der Waals surface area (Å²) in [7, 11) is 0. The second kappa shape index (κ2) is 2.70. The molecule has 2 fully saturated rings. The number of ether oxygens (including phenoxy) is 2. The third-order valence-electron chi connectivity index (χ3n) is 5.06. The molecule has 4 aliphatic rings. The first-order valence-corrected chi connectivity index (χ1v) is 6.37. The Kier molecular flexibility index (Phi) is 1.56. The second-order valence-corrected chi connectivity index (χ2v) is 5.73. The highest BCUT2D eigenvalue weighted by atomic mass is 32.1. The first-order chi connectivity index (χ1) is 7.79. The monoisotopic (exact) mass is 234 g/mol. The average molecular weight is 234 g/mol. The minimum atomic E-state index is 0.204. The minimum absolute atomic E-state index is 0.204. The van der Waals surface area contributed by atoms with Crippen LogP contribution in [0.4, 0.5) is 0 Å². The van der Waals surface area contributed by atoms with Crippen molar-refractivity contribution in [2.75, 3.05) is 0 Å². The molecule has 3 heteroatoms. The fraction of sp³-hybridized carbons (Fsp3) is 0.615. The molecule has 1 saturated carbocycles. The standard InChI is InChI=1S/C13H14O2S/c16-11-14-9-10(15-11)13-6-2-1-5-12(9,13)7-3-4-8-13/h1-4,9-10H,5-8H2/t9-,10+,12?,13?. The summed E-state index contributed by atoms with van der Waals surface area (Å²) in [6.07, 6.45) is 14.1. The van der Waals surface area contributed by atoms with Crippen LogP contribution in [0.15, 0.2) is 24.3 Å². The second-order valence-electron chi connectivity index (χ2n) is 5.40. The zero-order chi connectivity index (χ0) is 10.8. The van der Waals surface area contributed by atoms with E-state index in [2.05, 4.69) is 24.3 Å². The predicted molar refractivity (Wildman–Crippen MR) is 64.0 cm³/mol. The number of thiocarbonyl (C=S) groups is 1. The maximum Gasteiger partial charge on any atom is 0.353 e. The maximum atomic E-state index is 5.73. The largest absolute Gasteiger partial charge is 0.449 e. The predicted octanol–water partition coefficient (Wildman–Crippen LogP) is 2.74. The molecule has 0 N–H and O–H groups in total. The van der Waals surface area contributed by atoms with Crippen LogP contribution in [-0.4, -0.2) is 17.4 Å². The molecule has 0 aromatic rings. The molecule has 2 nitrogen and oxygen atoms in total. The SMILES string of the molecule is S=C1O[C@@H]2[C@H](O1)C13CC=CCC21CC=CC3. The van der Waals surface area contributed by atoms with Crippen LogP contribution in [0.2, 0.25) is 0 Å². The molecule has 2 atom stereocenters. The summed E-state index contributed by atoms with van der Waals surface area (Å²) in [6.45, 7) is 0. The lowest BCUT2D eigenvalue weighted by molar-refractivity contribution is -0.229. The van der Waals surface area contributed by atoms with E-state index in [0.717, 1.165) is 25.7 Å². The Morgan fingerprint density at radius 2 is 1.25 bits per heavy atom. The van der Waals surface area contributed by atoms with Crippen LogP contribution in [0.5, 0.6) is 0 Å². The fourth-order valence-corrected chi connectivity index (χ4v) is 4.46. The topological polar surface area (TPSA) is 18.5 Å². The summed E-state index contributed by atoms with van der Waals surface area (Å²) in [5, 5.41) is 0.366. The van der Waals surface area contributed by atoms with Gasteiger partial charge in [-0.05, 0) is 25.7 Å². The van der Waals surface area contributed by atoms with Crippen molar-refractivity contribution < 1.29 is 9.47 Å². The molecule has 1 heterocycles. The Hall–Kier alpha value is -0.830. The van der Waals surface area contributed by atoms with Gasteiger partial charge in [-0.1, -0.05) is 24.3 Å².